The summed E-state index contributed by atoms with van der Waals surface area (Å²) in [5, 5.41) is 12.3. The first kappa shape index (κ1) is 21.5. The molecule has 0 amide bonds. The van der Waals surface area contributed by atoms with E-state index < -0.39 is 15.7 Å². The zero-order valence-corrected chi connectivity index (χ0v) is 17.6. The highest BCUT2D eigenvalue weighted by Crippen LogP contribution is 2.31. The highest BCUT2D eigenvalue weighted by molar-refractivity contribution is 7.89. The lowest BCUT2D eigenvalue weighted by Crippen LogP contribution is -2.55. The maximum atomic E-state index is 13.6. The van der Waals surface area contributed by atoms with E-state index in [2.05, 4.69) is 0 Å². The molecule has 1 atom stereocenters. The van der Waals surface area contributed by atoms with Crippen LogP contribution in [0.15, 0.2) is 70.2 Å². The first-order valence-electron chi connectivity index (χ1n) is 9.73. The molecule has 0 fully saturated rings. The van der Waals surface area contributed by atoms with E-state index in [1.54, 1.807) is 18.2 Å². The SMILES string of the molecule is CC(C)CN(C(O)(CCN)Cc1ccccc1)S(=O)(=O)c1ccc2occc2c1. The molecule has 0 saturated carbocycles. The van der Waals surface area contributed by atoms with Crippen molar-refractivity contribution in [1.82, 2.24) is 4.31 Å². The maximum absolute atomic E-state index is 13.6. The van der Waals surface area contributed by atoms with Gasteiger partial charge in [0, 0.05) is 24.8 Å². The highest BCUT2D eigenvalue weighted by Gasteiger charge is 2.42. The summed E-state index contributed by atoms with van der Waals surface area (Å²) >= 11 is 0. The standard InChI is InChI=1S/C22H28N2O4S/c1-17(2)16-24(22(25,11-12-23)15-18-6-4-3-5-7-18)29(26,27)20-8-9-21-19(14-20)10-13-28-21/h3-10,13-14,17,25H,11-12,15-16,23H2,1-2H3. The molecule has 3 N–H and O–H groups in total. The molecule has 0 saturated heterocycles. The molecule has 2 aromatic carbocycles. The van der Waals surface area contributed by atoms with E-state index in [9.17, 15) is 13.5 Å². The molecule has 1 aromatic heterocycles. The number of hydrogen-bond acceptors (Lipinski definition) is 5. The predicted octanol–water partition coefficient (Wildman–Crippen LogP) is 3.36. The molecular formula is C22H28N2O4S. The molecule has 0 aliphatic rings. The van der Waals surface area contributed by atoms with Crippen LogP contribution in [0, 0.1) is 5.92 Å². The Bertz CT molecular complexity index is 1050. The maximum Gasteiger partial charge on any atom is 0.245 e. The van der Waals surface area contributed by atoms with Crippen molar-refractivity contribution in [2.24, 2.45) is 11.7 Å². The third kappa shape index (κ3) is 4.70. The lowest BCUT2D eigenvalue weighted by atomic mass is 9.98. The number of nitrogens with two attached hydrogens (primary N) is 1. The van der Waals surface area contributed by atoms with Gasteiger partial charge < -0.3 is 15.3 Å². The van der Waals surface area contributed by atoms with Crippen LogP contribution < -0.4 is 5.73 Å². The van der Waals surface area contributed by atoms with Crippen LogP contribution in [-0.2, 0) is 16.4 Å². The van der Waals surface area contributed by atoms with E-state index in [1.807, 2.05) is 44.2 Å². The van der Waals surface area contributed by atoms with Gasteiger partial charge in [0.1, 0.15) is 11.3 Å². The van der Waals surface area contributed by atoms with Gasteiger partial charge in [0.15, 0.2) is 0 Å². The Labute approximate surface area is 172 Å². The first-order chi connectivity index (χ1) is 13.8. The molecule has 0 aliphatic carbocycles. The van der Waals surface area contributed by atoms with E-state index >= 15 is 0 Å². The first-order valence-corrected chi connectivity index (χ1v) is 11.2. The van der Waals surface area contributed by atoms with E-state index in [4.69, 9.17) is 10.2 Å². The molecule has 1 unspecified atom stereocenters. The summed E-state index contributed by atoms with van der Waals surface area (Å²) in [5.74, 6) is 0.0162. The van der Waals surface area contributed by atoms with E-state index in [0.717, 1.165) is 5.56 Å². The van der Waals surface area contributed by atoms with Gasteiger partial charge in [0.25, 0.3) is 0 Å². The van der Waals surface area contributed by atoms with Gasteiger partial charge in [-0.05, 0) is 42.3 Å². The fraction of sp³-hybridized carbons (Fsp3) is 0.364. The third-order valence-corrected chi connectivity index (χ3v) is 6.80. The Kier molecular flexibility index (Phi) is 6.43. The fourth-order valence-corrected chi connectivity index (χ4v) is 5.38. The smallest absolute Gasteiger partial charge is 0.245 e. The van der Waals surface area contributed by atoms with Crippen molar-refractivity contribution in [2.75, 3.05) is 13.1 Å². The second-order valence-electron chi connectivity index (χ2n) is 7.73. The average Bonchev–Trinajstić information content (AvgIpc) is 3.14. The molecule has 7 heteroatoms. The van der Waals surface area contributed by atoms with Gasteiger partial charge in [-0.25, -0.2) is 8.42 Å². The normalized spacial score (nSPS) is 14.6. The Morgan fingerprint density at radius 1 is 1.14 bits per heavy atom. The molecule has 0 bridgehead atoms. The number of furan rings is 1. The lowest BCUT2D eigenvalue weighted by molar-refractivity contribution is -0.0690. The molecule has 0 radical (unpaired) electrons. The number of sulfonamides is 1. The van der Waals surface area contributed by atoms with Crippen LogP contribution in [0.4, 0.5) is 0 Å². The van der Waals surface area contributed by atoms with Crippen molar-refractivity contribution in [3.8, 4) is 0 Å². The second kappa shape index (κ2) is 8.67. The van der Waals surface area contributed by atoms with Gasteiger partial charge >= 0.3 is 0 Å². The fourth-order valence-electron chi connectivity index (χ4n) is 3.51. The zero-order valence-electron chi connectivity index (χ0n) is 16.8. The van der Waals surface area contributed by atoms with Crippen LogP contribution in [-0.4, -0.2) is 36.6 Å². The van der Waals surface area contributed by atoms with Gasteiger partial charge in [-0.15, -0.1) is 0 Å². The summed E-state index contributed by atoms with van der Waals surface area (Å²) in [4.78, 5) is 0.121. The summed E-state index contributed by atoms with van der Waals surface area (Å²) in [6.07, 6.45) is 1.81. The second-order valence-corrected chi connectivity index (χ2v) is 9.60. The van der Waals surface area contributed by atoms with Crippen molar-refractivity contribution in [3.63, 3.8) is 0 Å². The number of fused-ring (bicyclic) bond motifs is 1. The largest absolute Gasteiger partial charge is 0.464 e. The lowest BCUT2D eigenvalue weighted by Gasteiger charge is -2.40. The minimum absolute atomic E-state index is 0.0162. The van der Waals surface area contributed by atoms with E-state index in [-0.39, 0.29) is 36.7 Å². The molecule has 3 aromatic rings. The number of hydrogen-bond donors (Lipinski definition) is 2. The summed E-state index contributed by atoms with van der Waals surface area (Å²) < 4.78 is 33.8. The molecule has 1 heterocycles. The van der Waals surface area contributed by atoms with Crippen molar-refractivity contribution in [1.29, 1.82) is 0 Å². The molecule has 156 valence electrons. The monoisotopic (exact) mass is 416 g/mol. The molecule has 0 spiro atoms. The molecule has 6 nitrogen and oxygen atoms in total. The highest BCUT2D eigenvalue weighted by atomic mass is 32.2. The van der Waals surface area contributed by atoms with Crippen LogP contribution in [0.1, 0.15) is 25.8 Å². The number of nitrogens with zero attached hydrogens (tertiary/aromatic N) is 1. The number of rotatable bonds is 9. The average molecular weight is 417 g/mol. The zero-order chi connectivity index (χ0) is 21.1. The topological polar surface area (TPSA) is 96.8 Å². The predicted molar refractivity (Wildman–Crippen MR) is 114 cm³/mol. The van der Waals surface area contributed by atoms with Crippen molar-refractivity contribution >= 4 is 21.0 Å². The summed E-state index contributed by atoms with van der Waals surface area (Å²) in [7, 11) is -3.98. The van der Waals surface area contributed by atoms with Crippen LogP contribution in [0.5, 0.6) is 0 Å². The third-order valence-electron chi connectivity index (χ3n) is 4.88. The van der Waals surface area contributed by atoms with Crippen molar-refractivity contribution in [3.05, 3.63) is 66.4 Å². The van der Waals surface area contributed by atoms with Crippen molar-refractivity contribution < 1.29 is 17.9 Å². The van der Waals surface area contributed by atoms with E-state index in [0.29, 0.717) is 11.0 Å². The Morgan fingerprint density at radius 3 is 2.52 bits per heavy atom. The van der Waals surface area contributed by atoms with Gasteiger partial charge in [-0.2, -0.15) is 4.31 Å². The van der Waals surface area contributed by atoms with Gasteiger partial charge in [-0.3, -0.25) is 0 Å². The summed E-state index contributed by atoms with van der Waals surface area (Å²) in [5.41, 5.74) is 5.61. The Balaban J connectivity index is 2.07. The van der Waals surface area contributed by atoms with Crippen LogP contribution >= 0.6 is 0 Å². The van der Waals surface area contributed by atoms with Gasteiger partial charge in [0.05, 0.1) is 11.2 Å². The molecule has 29 heavy (non-hydrogen) atoms. The van der Waals surface area contributed by atoms with E-state index in [1.165, 1.54) is 16.6 Å². The minimum atomic E-state index is -3.98. The number of aliphatic hydroxyl groups is 1. The molecule has 3 rings (SSSR count). The van der Waals surface area contributed by atoms with Crippen molar-refractivity contribution in [2.45, 2.75) is 37.3 Å². The minimum Gasteiger partial charge on any atom is -0.464 e. The van der Waals surface area contributed by atoms with Gasteiger partial charge in [-0.1, -0.05) is 44.2 Å². The Hall–Kier alpha value is -2.19. The van der Waals surface area contributed by atoms with Crippen LogP contribution in [0.25, 0.3) is 11.0 Å². The Morgan fingerprint density at radius 2 is 1.86 bits per heavy atom. The number of benzene rings is 2. The van der Waals surface area contributed by atoms with Crippen LogP contribution in [0.2, 0.25) is 0 Å². The molecular weight excluding hydrogens is 388 g/mol. The summed E-state index contributed by atoms with van der Waals surface area (Å²) in [6.45, 7) is 4.18. The quantitative estimate of drug-likeness (QED) is 0.521. The van der Waals surface area contributed by atoms with Gasteiger partial charge in [0.2, 0.25) is 10.0 Å². The summed E-state index contributed by atoms with van der Waals surface area (Å²) in [6, 6.07) is 15.8. The molecule has 0 aliphatic heterocycles. The van der Waals surface area contributed by atoms with Crippen LogP contribution in [0.3, 0.4) is 0 Å².